The zero-order chi connectivity index (χ0) is 11.4. The van der Waals surface area contributed by atoms with Gasteiger partial charge in [0, 0.05) is 9.50 Å². The van der Waals surface area contributed by atoms with Crippen LogP contribution in [0.4, 0.5) is 0 Å². The van der Waals surface area contributed by atoms with Gasteiger partial charge >= 0.3 is 0 Å². The standard InChI is InChI=1S/C11H15BrClNO/c1-2-3-10(15)11(14)8-6-7(13)4-5-9(8)12/h4-6,10-11,15H,2-3,14H2,1H3/t10-,11+/m1/s1. The summed E-state index contributed by atoms with van der Waals surface area (Å²) in [6.07, 6.45) is 1.08. The molecule has 0 aliphatic heterocycles. The molecule has 0 amide bonds. The zero-order valence-corrected chi connectivity index (χ0v) is 10.9. The number of nitrogens with two attached hydrogens (primary N) is 1. The van der Waals surface area contributed by atoms with Crippen LogP contribution in [-0.4, -0.2) is 11.2 Å². The molecule has 0 saturated carbocycles. The Balaban J connectivity index is 2.89. The summed E-state index contributed by atoms with van der Waals surface area (Å²) in [4.78, 5) is 0. The lowest BCUT2D eigenvalue weighted by molar-refractivity contribution is 0.134. The Morgan fingerprint density at radius 2 is 2.20 bits per heavy atom. The Morgan fingerprint density at radius 1 is 1.53 bits per heavy atom. The van der Waals surface area contributed by atoms with Crippen molar-refractivity contribution in [3.05, 3.63) is 33.3 Å². The molecule has 0 aliphatic rings. The van der Waals surface area contributed by atoms with Crippen LogP contribution in [0.25, 0.3) is 0 Å². The Labute approximate surface area is 104 Å². The lowest BCUT2D eigenvalue weighted by Crippen LogP contribution is -2.26. The van der Waals surface area contributed by atoms with E-state index < -0.39 is 12.1 Å². The van der Waals surface area contributed by atoms with E-state index in [0.29, 0.717) is 11.4 Å². The Morgan fingerprint density at radius 3 is 2.80 bits per heavy atom. The predicted octanol–water partition coefficient (Wildman–Crippen LogP) is 3.26. The molecule has 2 atom stereocenters. The van der Waals surface area contributed by atoms with Crippen molar-refractivity contribution >= 4 is 27.5 Å². The van der Waals surface area contributed by atoms with Crippen molar-refractivity contribution in [3.8, 4) is 0 Å². The minimum atomic E-state index is -0.523. The van der Waals surface area contributed by atoms with Crippen molar-refractivity contribution in [2.24, 2.45) is 5.73 Å². The topological polar surface area (TPSA) is 46.2 Å². The fourth-order valence-corrected chi connectivity index (χ4v) is 2.14. The third-order valence-corrected chi connectivity index (χ3v) is 3.27. The monoisotopic (exact) mass is 291 g/mol. The van der Waals surface area contributed by atoms with E-state index >= 15 is 0 Å². The van der Waals surface area contributed by atoms with E-state index in [1.54, 1.807) is 12.1 Å². The van der Waals surface area contributed by atoms with Gasteiger partial charge in [-0.3, -0.25) is 0 Å². The summed E-state index contributed by atoms with van der Waals surface area (Å²) in [5.41, 5.74) is 6.81. The van der Waals surface area contributed by atoms with Crippen LogP contribution >= 0.6 is 27.5 Å². The predicted molar refractivity (Wildman–Crippen MR) is 67.0 cm³/mol. The fraction of sp³-hybridized carbons (Fsp3) is 0.455. The molecule has 0 bridgehead atoms. The second-order valence-corrected chi connectivity index (χ2v) is 4.84. The third kappa shape index (κ3) is 3.45. The average molecular weight is 293 g/mol. The van der Waals surface area contributed by atoms with Gasteiger partial charge < -0.3 is 10.8 Å². The van der Waals surface area contributed by atoms with Crippen LogP contribution in [0.1, 0.15) is 31.4 Å². The molecule has 0 fully saturated rings. The Hall–Kier alpha value is -0.0900. The lowest BCUT2D eigenvalue weighted by atomic mass is 9.99. The van der Waals surface area contributed by atoms with Gasteiger partial charge in [-0.25, -0.2) is 0 Å². The molecule has 2 nitrogen and oxygen atoms in total. The van der Waals surface area contributed by atoms with E-state index in [1.807, 2.05) is 13.0 Å². The van der Waals surface area contributed by atoms with Crippen molar-refractivity contribution < 1.29 is 5.11 Å². The number of hydrogen-bond donors (Lipinski definition) is 2. The van der Waals surface area contributed by atoms with Gasteiger partial charge in [-0.2, -0.15) is 0 Å². The van der Waals surface area contributed by atoms with Gasteiger partial charge in [0.1, 0.15) is 0 Å². The largest absolute Gasteiger partial charge is 0.391 e. The number of halogens is 2. The highest BCUT2D eigenvalue weighted by Gasteiger charge is 2.18. The molecule has 0 heterocycles. The third-order valence-electron chi connectivity index (χ3n) is 2.32. The number of benzene rings is 1. The van der Waals surface area contributed by atoms with E-state index in [1.165, 1.54) is 0 Å². The SMILES string of the molecule is CCC[C@@H](O)[C@@H](N)c1cc(Cl)ccc1Br. The summed E-state index contributed by atoms with van der Waals surface area (Å²) >= 11 is 9.29. The highest BCUT2D eigenvalue weighted by Crippen LogP contribution is 2.28. The van der Waals surface area contributed by atoms with Gasteiger partial charge in [0.2, 0.25) is 0 Å². The van der Waals surface area contributed by atoms with Crippen molar-refractivity contribution in [2.75, 3.05) is 0 Å². The van der Waals surface area contributed by atoms with Gasteiger partial charge in [0.25, 0.3) is 0 Å². The minimum absolute atomic E-state index is 0.391. The number of rotatable bonds is 4. The first-order chi connectivity index (χ1) is 7.06. The molecular weight excluding hydrogens is 277 g/mol. The molecule has 0 aromatic heterocycles. The number of aliphatic hydroxyl groups excluding tert-OH is 1. The minimum Gasteiger partial charge on any atom is -0.391 e. The van der Waals surface area contributed by atoms with Crippen LogP contribution < -0.4 is 5.73 Å². The molecule has 0 aliphatic carbocycles. The molecule has 0 saturated heterocycles. The molecular formula is C11H15BrClNO. The molecule has 0 spiro atoms. The van der Waals surface area contributed by atoms with Crippen molar-refractivity contribution in [1.29, 1.82) is 0 Å². The Kier molecular flexibility index (Phi) is 5.06. The maximum absolute atomic E-state index is 9.80. The van der Waals surface area contributed by atoms with E-state index in [9.17, 15) is 5.11 Å². The van der Waals surface area contributed by atoms with Crippen LogP contribution in [-0.2, 0) is 0 Å². The second kappa shape index (κ2) is 5.85. The molecule has 4 heteroatoms. The molecule has 1 aromatic rings. The van der Waals surface area contributed by atoms with Crippen LogP contribution in [0.5, 0.6) is 0 Å². The van der Waals surface area contributed by atoms with Gasteiger partial charge in [-0.05, 0) is 30.2 Å². The van der Waals surface area contributed by atoms with Crippen LogP contribution in [0.3, 0.4) is 0 Å². The highest BCUT2D eigenvalue weighted by molar-refractivity contribution is 9.10. The molecule has 84 valence electrons. The normalized spacial score (nSPS) is 15.0. The summed E-state index contributed by atoms with van der Waals surface area (Å²) in [6.45, 7) is 2.02. The van der Waals surface area contributed by atoms with Crippen molar-refractivity contribution in [1.82, 2.24) is 0 Å². The van der Waals surface area contributed by atoms with E-state index in [4.69, 9.17) is 17.3 Å². The first kappa shape index (κ1) is 13.0. The lowest BCUT2D eigenvalue weighted by Gasteiger charge is -2.20. The molecule has 3 N–H and O–H groups in total. The summed E-state index contributed by atoms with van der Waals surface area (Å²) in [6, 6.07) is 5.03. The molecule has 15 heavy (non-hydrogen) atoms. The summed E-state index contributed by atoms with van der Waals surface area (Å²) in [5.74, 6) is 0. The smallest absolute Gasteiger partial charge is 0.0733 e. The van der Waals surface area contributed by atoms with Crippen molar-refractivity contribution in [3.63, 3.8) is 0 Å². The molecule has 0 radical (unpaired) electrons. The quantitative estimate of drug-likeness (QED) is 0.895. The molecule has 1 rings (SSSR count). The van der Waals surface area contributed by atoms with E-state index in [-0.39, 0.29) is 0 Å². The molecule has 0 unspecified atom stereocenters. The number of hydrogen-bond acceptors (Lipinski definition) is 2. The second-order valence-electron chi connectivity index (χ2n) is 3.55. The first-order valence-corrected chi connectivity index (χ1v) is 6.12. The van der Waals surface area contributed by atoms with Crippen LogP contribution in [0, 0.1) is 0 Å². The number of aliphatic hydroxyl groups is 1. The Bertz CT molecular complexity index is 332. The summed E-state index contributed by atoms with van der Waals surface area (Å²) in [5, 5.41) is 10.4. The van der Waals surface area contributed by atoms with Gasteiger partial charge in [-0.15, -0.1) is 0 Å². The summed E-state index contributed by atoms with van der Waals surface area (Å²) in [7, 11) is 0. The maximum atomic E-state index is 9.80. The van der Waals surface area contributed by atoms with Crippen molar-refractivity contribution in [2.45, 2.75) is 31.9 Å². The molecule has 1 aromatic carbocycles. The van der Waals surface area contributed by atoms with E-state index in [2.05, 4.69) is 15.9 Å². The zero-order valence-electron chi connectivity index (χ0n) is 8.58. The summed E-state index contributed by atoms with van der Waals surface area (Å²) < 4.78 is 0.884. The maximum Gasteiger partial charge on any atom is 0.0733 e. The van der Waals surface area contributed by atoms with Crippen LogP contribution in [0.2, 0.25) is 5.02 Å². The first-order valence-electron chi connectivity index (χ1n) is 4.94. The van der Waals surface area contributed by atoms with Crippen LogP contribution in [0.15, 0.2) is 22.7 Å². The van der Waals surface area contributed by atoms with Gasteiger partial charge in [0.15, 0.2) is 0 Å². The average Bonchev–Trinajstić information content (AvgIpc) is 2.21. The fourth-order valence-electron chi connectivity index (χ4n) is 1.45. The van der Waals surface area contributed by atoms with Gasteiger partial charge in [-0.1, -0.05) is 40.9 Å². The highest BCUT2D eigenvalue weighted by atomic mass is 79.9. The van der Waals surface area contributed by atoms with E-state index in [0.717, 1.165) is 16.5 Å². The van der Waals surface area contributed by atoms with Gasteiger partial charge in [0.05, 0.1) is 12.1 Å².